The van der Waals surface area contributed by atoms with Crippen LogP contribution >= 0.6 is 0 Å². The topological polar surface area (TPSA) is 55.6 Å². The Morgan fingerprint density at radius 1 is 1.03 bits per heavy atom. The average molecular weight is 414 g/mol. The van der Waals surface area contributed by atoms with Gasteiger partial charge in [-0.05, 0) is 74.7 Å². The number of imidazole rings is 1. The second-order valence-electron chi connectivity index (χ2n) is 7.79. The highest BCUT2D eigenvalue weighted by Gasteiger charge is 2.18. The summed E-state index contributed by atoms with van der Waals surface area (Å²) in [6.45, 7) is 8.69. The van der Waals surface area contributed by atoms with E-state index in [4.69, 9.17) is 9.72 Å². The van der Waals surface area contributed by atoms with Crippen molar-refractivity contribution in [1.82, 2.24) is 9.38 Å². The van der Waals surface area contributed by atoms with Gasteiger partial charge in [0.1, 0.15) is 11.4 Å². The molecule has 2 aromatic heterocycles. The maximum absolute atomic E-state index is 13.0. The Morgan fingerprint density at radius 2 is 1.84 bits per heavy atom. The van der Waals surface area contributed by atoms with E-state index >= 15 is 0 Å². The molecule has 0 spiro atoms. The minimum Gasteiger partial charge on any atom is -0.492 e. The quantitative estimate of drug-likeness (QED) is 0.454. The Labute approximate surface area is 182 Å². The largest absolute Gasteiger partial charge is 0.492 e. The SMILES string of the molecule is CCOc1ccccc1NC(=O)Cc1c(-c2ccc(C)c(C)c2)nc2cc(C)ccn12. The van der Waals surface area contributed by atoms with Gasteiger partial charge in [-0.25, -0.2) is 4.98 Å². The molecule has 158 valence electrons. The van der Waals surface area contributed by atoms with E-state index in [9.17, 15) is 4.79 Å². The van der Waals surface area contributed by atoms with Crippen molar-refractivity contribution in [2.45, 2.75) is 34.1 Å². The number of ether oxygens (including phenoxy) is 1. The van der Waals surface area contributed by atoms with Gasteiger partial charge < -0.3 is 14.5 Å². The summed E-state index contributed by atoms with van der Waals surface area (Å²) in [5.41, 5.74) is 7.79. The summed E-state index contributed by atoms with van der Waals surface area (Å²) in [7, 11) is 0. The number of hydrogen-bond acceptors (Lipinski definition) is 3. The van der Waals surface area contributed by atoms with E-state index in [1.165, 1.54) is 11.1 Å². The van der Waals surface area contributed by atoms with Gasteiger partial charge in [0.2, 0.25) is 5.91 Å². The number of aryl methyl sites for hydroxylation is 3. The summed E-state index contributed by atoms with van der Waals surface area (Å²) in [5, 5.41) is 3.00. The molecule has 1 amide bonds. The van der Waals surface area contributed by atoms with Crippen molar-refractivity contribution in [3.05, 3.63) is 83.2 Å². The summed E-state index contributed by atoms with van der Waals surface area (Å²) >= 11 is 0. The van der Waals surface area contributed by atoms with E-state index in [2.05, 4.69) is 37.4 Å². The molecule has 0 bridgehead atoms. The van der Waals surface area contributed by atoms with Crippen molar-refractivity contribution in [1.29, 1.82) is 0 Å². The third-order valence-electron chi connectivity index (χ3n) is 5.45. The monoisotopic (exact) mass is 413 g/mol. The van der Waals surface area contributed by atoms with Crippen molar-refractivity contribution in [2.75, 3.05) is 11.9 Å². The molecule has 4 aromatic rings. The molecule has 2 heterocycles. The summed E-state index contributed by atoms with van der Waals surface area (Å²) in [4.78, 5) is 17.9. The lowest BCUT2D eigenvalue weighted by Crippen LogP contribution is -2.16. The van der Waals surface area contributed by atoms with Gasteiger partial charge in [-0.2, -0.15) is 0 Å². The number of rotatable bonds is 6. The first kappa shape index (κ1) is 20.7. The molecule has 4 rings (SSSR count). The molecular formula is C26H27N3O2. The predicted molar refractivity (Wildman–Crippen MR) is 125 cm³/mol. The number of benzene rings is 2. The van der Waals surface area contributed by atoms with Crippen LogP contribution in [0.25, 0.3) is 16.9 Å². The Kier molecular flexibility index (Phi) is 5.76. The van der Waals surface area contributed by atoms with E-state index in [1.54, 1.807) is 0 Å². The molecule has 5 nitrogen and oxygen atoms in total. The van der Waals surface area contributed by atoms with E-state index < -0.39 is 0 Å². The van der Waals surface area contributed by atoms with Gasteiger partial charge in [0.25, 0.3) is 0 Å². The molecule has 0 atom stereocenters. The van der Waals surface area contributed by atoms with Crippen molar-refractivity contribution in [2.24, 2.45) is 0 Å². The lowest BCUT2D eigenvalue weighted by Gasteiger charge is -2.12. The number of hydrogen-bond donors (Lipinski definition) is 1. The van der Waals surface area contributed by atoms with Gasteiger partial charge in [0.05, 0.1) is 30.1 Å². The summed E-state index contributed by atoms with van der Waals surface area (Å²) in [5.74, 6) is 0.557. The van der Waals surface area contributed by atoms with Crippen LogP contribution in [0.1, 0.15) is 29.3 Å². The zero-order valence-electron chi connectivity index (χ0n) is 18.4. The number of nitrogens with zero attached hydrogens (tertiary/aromatic N) is 2. The van der Waals surface area contributed by atoms with E-state index in [0.29, 0.717) is 18.0 Å². The highest BCUT2D eigenvalue weighted by atomic mass is 16.5. The lowest BCUT2D eigenvalue weighted by molar-refractivity contribution is -0.115. The lowest BCUT2D eigenvalue weighted by atomic mass is 10.0. The van der Waals surface area contributed by atoms with E-state index in [-0.39, 0.29) is 12.3 Å². The number of fused-ring (bicyclic) bond motifs is 1. The molecule has 0 unspecified atom stereocenters. The van der Waals surface area contributed by atoms with Crippen LogP contribution in [0.3, 0.4) is 0 Å². The molecule has 31 heavy (non-hydrogen) atoms. The van der Waals surface area contributed by atoms with Gasteiger partial charge in [0, 0.05) is 11.8 Å². The summed E-state index contributed by atoms with van der Waals surface area (Å²) < 4.78 is 7.65. The van der Waals surface area contributed by atoms with Gasteiger partial charge in [-0.15, -0.1) is 0 Å². The fraction of sp³-hybridized carbons (Fsp3) is 0.231. The minimum atomic E-state index is -0.111. The number of nitrogens with one attached hydrogen (secondary N) is 1. The highest BCUT2D eigenvalue weighted by molar-refractivity contribution is 5.94. The summed E-state index contributed by atoms with van der Waals surface area (Å²) in [6.07, 6.45) is 2.19. The molecule has 1 N–H and O–H groups in total. The molecule has 0 aliphatic heterocycles. The second kappa shape index (κ2) is 8.64. The zero-order valence-corrected chi connectivity index (χ0v) is 18.4. The first-order valence-electron chi connectivity index (χ1n) is 10.5. The standard InChI is InChI=1S/C26H27N3O2/c1-5-31-23-9-7-6-8-21(23)27-25(30)16-22-26(20-11-10-18(3)19(4)15-20)28-24-14-17(2)12-13-29(22)24/h6-15H,5,16H2,1-4H3,(H,27,30). The Morgan fingerprint density at radius 3 is 2.61 bits per heavy atom. The fourth-order valence-electron chi connectivity index (χ4n) is 3.68. The van der Waals surface area contributed by atoms with Crippen molar-refractivity contribution < 1.29 is 9.53 Å². The van der Waals surface area contributed by atoms with Crippen LogP contribution < -0.4 is 10.1 Å². The highest BCUT2D eigenvalue weighted by Crippen LogP contribution is 2.28. The molecule has 0 aliphatic carbocycles. The number of carbonyl (C=O) groups is 1. The maximum Gasteiger partial charge on any atom is 0.230 e. The number of aromatic nitrogens is 2. The van der Waals surface area contributed by atoms with Gasteiger partial charge >= 0.3 is 0 Å². The van der Waals surface area contributed by atoms with Crippen molar-refractivity contribution >= 4 is 17.2 Å². The van der Waals surface area contributed by atoms with Crippen LogP contribution in [-0.4, -0.2) is 21.9 Å². The number of anilines is 1. The number of pyridine rings is 1. The van der Waals surface area contributed by atoms with Crippen molar-refractivity contribution in [3.63, 3.8) is 0 Å². The van der Waals surface area contributed by atoms with Crippen LogP contribution in [0.4, 0.5) is 5.69 Å². The van der Waals surface area contributed by atoms with Gasteiger partial charge in [0.15, 0.2) is 0 Å². The molecule has 0 saturated heterocycles. The van der Waals surface area contributed by atoms with Crippen LogP contribution in [0.2, 0.25) is 0 Å². The average Bonchev–Trinajstić information content (AvgIpc) is 3.09. The molecule has 5 heteroatoms. The molecule has 0 radical (unpaired) electrons. The molecule has 0 fully saturated rings. The second-order valence-corrected chi connectivity index (χ2v) is 7.79. The molecule has 0 saturated carbocycles. The smallest absolute Gasteiger partial charge is 0.230 e. The van der Waals surface area contributed by atoms with Gasteiger partial charge in [-0.1, -0.05) is 24.3 Å². The van der Waals surface area contributed by atoms with E-state index in [1.807, 2.05) is 60.8 Å². The van der Waals surface area contributed by atoms with Crippen LogP contribution in [0.5, 0.6) is 5.75 Å². The number of amides is 1. The molecular weight excluding hydrogens is 386 g/mol. The zero-order chi connectivity index (χ0) is 22.0. The maximum atomic E-state index is 13.0. The Balaban J connectivity index is 1.72. The fourth-order valence-corrected chi connectivity index (χ4v) is 3.68. The van der Waals surface area contributed by atoms with Crippen LogP contribution in [-0.2, 0) is 11.2 Å². The number of carbonyl (C=O) groups excluding carboxylic acids is 1. The van der Waals surface area contributed by atoms with E-state index in [0.717, 1.165) is 28.2 Å². The number of para-hydroxylation sites is 2. The first-order chi connectivity index (χ1) is 15.0. The summed E-state index contributed by atoms with van der Waals surface area (Å²) in [6, 6.07) is 17.9. The van der Waals surface area contributed by atoms with Crippen LogP contribution in [0.15, 0.2) is 60.8 Å². The third kappa shape index (κ3) is 4.31. The minimum absolute atomic E-state index is 0.111. The van der Waals surface area contributed by atoms with Crippen molar-refractivity contribution in [3.8, 4) is 17.0 Å². The Hall–Kier alpha value is -3.60. The predicted octanol–water partition coefficient (Wildman–Crippen LogP) is 5.51. The molecule has 2 aromatic carbocycles. The van der Waals surface area contributed by atoms with Gasteiger partial charge in [-0.3, -0.25) is 4.79 Å². The first-order valence-corrected chi connectivity index (χ1v) is 10.5. The third-order valence-corrected chi connectivity index (χ3v) is 5.45. The Bertz CT molecular complexity index is 1260. The van der Waals surface area contributed by atoms with Crippen LogP contribution in [0, 0.1) is 20.8 Å². The normalized spacial score (nSPS) is 11.0. The molecule has 0 aliphatic rings.